The second-order valence-corrected chi connectivity index (χ2v) is 4.90. The van der Waals surface area contributed by atoms with Crippen molar-refractivity contribution in [3.63, 3.8) is 0 Å². The van der Waals surface area contributed by atoms with Gasteiger partial charge in [0.15, 0.2) is 0 Å². The van der Waals surface area contributed by atoms with Gasteiger partial charge >= 0.3 is 0 Å². The van der Waals surface area contributed by atoms with Gasteiger partial charge < -0.3 is 5.32 Å². The van der Waals surface area contributed by atoms with E-state index in [4.69, 9.17) is 0 Å². The van der Waals surface area contributed by atoms with Crippen LogP contribution in [-0.4, -0.2) is 21.8 Å². The second-order valence-electron chi connectivity index (χ2n) is 3.13. The molecule has 2 rings (SSSR count). The summed E-state index contributed by atoms with van der Waals surface area (Å²) in [7, 11) is 3.87. The van der Waals surface area contributed by atoms with Crippen LogP contribution in [0, 0.1) is 0 Å². The second kappa shape index (κ2) is 4.42. The molecule has 15 heavy (non-hydrogen) atoms. The van der Waals surface area contributed by atoms with Gasteiger partial charge in [-0.25, -0.2) is 0 Å². The van der Waals surface area contributed by atoms with Crippen LogP contribution >= 0.6 is 27.3 Å². The molecule has 0 spiro atoms. The fourth-order valence-corrected chi connectivity index (χ4v) is 2.83. The number of aromatic nitrogens is 3. The zero-order valence-corrected chi connectivity index (χ0v) is 10.8. The van der Waals surface area contributed by atoms with Crippen LogP contribution in [0.1, 0.15) is 16.6 Å². The molecule has 0 radical (unpaired) electrons. The van der Waals surface area contributed by atoms with Crippen molar-refractivity contribution < 1.29 is 0 Å². The molecule has 0 saturated carbocycles. The number of rotatable bonds is 3. The molecule has 4 nitrogen and oxygen atoms in total. The Kier molecular flexibility index (Phi) is 3.18. The highest BCUT2D eigenvalue weighted by Crippen LogP contribution is 2.29. The van der Waals surface area contributed by atoms with Crippen molar-refractivity contribution in [1.82, 2.24) is 20.1 Å². The summed E-state index contributed by atoms with van der Waals surface area (Å²) < 4.78 is 2.88. The van der Waals surface area contributed by atoms with Crippen molar-refractivity contribution in [2.45, 2.75) is 6.04 Å². The van der Waals surface area contributed by atoms with Gasteiger partial charge in [-0.3, -0.25) is 9.67 Å². The third kappa shape index (κ3) is 1.97. The van der Waals surface area contributed by atoms with E-state index >= 15 is 0 Å². The summed E-state index contributed by atoms with van der Waals surface area (Å²) in [6.45, 7) is 0. The van der Waals surface area contributed by atoms with Gasteiger partial charge in [0.1, 0.15) is 0 Å². The van der Waals surface area contributed by atoms with E-state index in [0.29, 0.717) is 0 Å². The molecule has 2 heterocycles. The lowest BCUT2D eigenvalue weighted by molar-refractivity contribution is 0.610. The molecule has 1 unspecified atom stereocenters. The molecule has 0 bridgehead atoms. The van der Waals surface area contributed by atoms with Gasteiger partial charge in [0.25, 0.3) is 0 Å². The molecular formula is C9H11BrN4S. The number of thiazole rings is 1. The zero-order valence-electron chi connectivity index (χ0n) is 8.44. The van der Waals surface area contributed by atoms with Gasteiger partial charge in [0.05, 0.1) is 27.9 Å². The maximum Gasteiger partial charge on any atom is 0.0867 e. The van der Waals surface area contributed by atoms with Crippen LogP contribution in [0.5, 0.6) is 0 Å². The Morgan fingerprint density at radius 1 is 1.53 bits per heavy atom. The van der Waals surface area contributed by atoms with Crippen LogP contribution in [0.4, 0.5) is 0 Å². The highest BCUT2D eigenvalue weighted by Gasteiger charge is 2.20. The van der Waals surface area contributed by atoms with E-state index in [1.807, 2.05) is 30.5 Å². The molecule has 6 heteroatoms. The Bertz CT molecular complexity index is 417. The number of halogens is 1. The molecule has 0 aliphatic rings. The number of nitrogens with zero attached hydrogens (tertiary/aromatic N) is 3. The van der Waals surface area contributed by atoms with Gasteiger partial charge in [-0.1, -0.05) is 0 Å². The van der Waals surface area contributed by atoms with Crippen molar-refractivity contribution in [3.8, 4) is 0 Å². The summed E-state index contributed by atoms with van der Waals surface area (Å²) in [5, 5.41) is 7.48. The number of hydrogen-bond acceptors (Lipinski definition) is 4. The van der Waals surface area contributed by atoms with Crippen molar-refractivity contribution in [3.05, 3.63) is 32.9 Å². The summed E-state index contributed by atoms with van der Waals surface area (Å²) in [6.07, 6.45) is 3.69. The summed E-state index contributed by atoms with van der Waals surface area (Å²) >= 11 is 5.14. The molecule has 2 aromatic heterocycles. The Morgan fingerprint density at radius 3 is 2.80 bits per heavy atom. The molecule has 80 valence electrons. The lowest BCUT2D eigenvalue weighted by Gasteiger charge is -2.15. The van der Waals surface area contributed by atoms with E-state index in [9.17, 15) is 0 Å². The van der Waals surface area contributed by atoms with E-state index in [1.165, 1.54) is 4.88 Å². The summed E-state index contributed by atoms with van der Waals surface area (Å²) in [5.41, 5.74) is 2.95. The fourth-order valence-electron chi connectivity index (χ4n) is 1.53. The van der Waals surface area contributed by atoms with E-state index < -0.39 is 0 Å². The smallest absolute Gasteiger partial charge is 0.0867 e. The van der Waals surface area contributed by atoms with Crippen molar-refractivity contribution >= 4 is 27.3 Å². The number of hydrogen-bond donors (Lipinski definition) is 1. The van der Waals surface area contributed by atoms with Gasteiger partial charge in [-0.05, 0) is 23.0 Å². The summed E-state index contributed by atoms with van der Waals surface area (Å²) in [4.78, 5) is 5.28. The molecule has 0 amide bonds. The predicted molar refractivity (Wildman–Crippen MR) is 63.9 cm³/mol. The Morgan fingerprint density at radius 2 is 2.33 bits per heavy atom. The van der Waals surface area contributed by atoms with Gasteiger partial charge in [-0.15, -0.1) is 11.3 Å². The quantitative estimate of drug-likeness (QED) is 0.938. The Labute approximate surface area is 100 Å². The highest BCUT2D eigenvalue weighted by molar-refractivity contribution is 9.10. The normalized spacial score (nSPS) is 13.0. The molecule has 0 saturated heterocycles. The average Bonchev–Trinajstić information content (AvgIpc) is 2.83. The van der Waals surface area contributed by atoms with E-state index in [0.717, 1.165) is 10.2 Å². The minimum atomic E-state index is 0.138. The molecule has 2 aromatic rings. The largest absolute Gasteiger partial charge is 0.307 e. The van der Waals surface area contributed by atoms with Crippen molar-refractivity contribution in [2.75, 3.05) is 7.05 Å². The third-order valence-electron chi connectivity index (χ3n) is 2.24. The Balaban J connectivity index is 2.44. The third-order valence-corrected chi connectivity index (χ3v) is 3.69. The maximum atomic E-state index is 4.21. The van der Waals surface area contributed by atoms with Crippen LogP contribution in [-0.2, 0) is 7.05 Å². The first-order valence-corrected chi connectivity index (χ1v) is 6.14. The first kappa shape index (κ1) is 10.8. The lowest BCUT2D eigenvalue weighted by Crippen LogP contribution is -2.20. The molecule has 1 atom stereocenters. The zero-order chi connectivity index (χ0) is 10.8. The monoisotopic (exact) mass is 286 g/mol. The van der Waals surface area contributed by atoms with Crippen LogP contribution in [0.3, 0.4) is 0 Å². The van der Waals surface area contributed by atoms with Crippen LogP contribution in [0.15, 0.2) is 22.4 Å². The van der Waals surface area contributed by atoms with Crippen molar-refractivity contribution in [1.29, 1.82) is 0 Å². The van der Waals surface area contributed by atoms with Crippen LogP contribution in [0.25, 0.3) is 0 Å². The molecule has 0 aliphatic heterocycles. The molecule has 0 aromatic carbocycles. The summed E-state index contributed by atoms with van der Waals surface area (Å²) in [5.74, 6) is 0. The van der Waals surface area contributed by atoms with Gasteiger partial charge in [0, 0.05) is 18.1 Å². The standard InChI is InChI=1S/C9H11BrN4S/c1-11-8(7-4-12-5-15-7)9-6(10)3-13-14(9)2/h3-5,8,11H,1-2H3. The lowest BCUT2D eigenvalue weighted by atomic mass is 10.2. The first-order valence-electron chi connectivity index (χ1n) is 4.47. The molecular weight excluding hydrogens is 276 g/mol. The predicted octanol–water partition coefficient (Wildman–Crippen LogP) is 1.95. The van der Waals surface area contributed by atoms with Crippen LogP contribution in [0.2, 0.25) is 0 Å². The average molecular weight is 287 g/mol. The Hall–Kier alpha value is -0.720. The van der Waals surface area contributed by atoms with E-state index in [2.05, 4.69) is 31.3 Å². The topological polar surface area (TPSA) is 42.7 Å². The number of aryl methyl sites for hydroxylation is 1. The minimum Gasteiger partial charge on any atom is -0.307 e. The highest BCUT2D eigenvalue weighted by atomic mass is 79.9. The first-order chi connectivity index (χ1) is 7.24. The molecule has 1 N–H and O–H groups in total. The maximum absolute atomic E-state index is 4.21. The van der Waals surface area contributed by atoms with E-state index in [1.54, 1.807) is 17.5 Å². The van der Waals surface area contributed by atoms with Crippen LogP contribution < -0.4 is 5.32 Å². The molecule has 0 fully saturated rings. The number of nitrogens with one attached hydrogen (secondary N) is 1. The van der Waals surface area contributed by atoms with Gasteiger partial charge in [-0.2, -0.15) is 5.10 Å². The SMILES string of the molecule is CNC(c1cncs1)c1c(Br)cnn1C. The van der Waals surface area contributed by atoms with Crippen molar-refractivity contribution in [2.24, 2.45) is 7.05 Å². The summed E-state index contributed by atoms with van der Waals surface area (Å²) in [6, 6.07) is 0.138. The minimum absolute atomic E-state index is 0.138. The van der Waals surface area contributed by atoms with E-state index in [-0.39, 0.29) is 6.04 Å². The van der Waals surface area contributed by atoms with Gasteiger partial charge in [0.2, 0.25) is 0 Å². The molecule has 0 aliphatic carbocycles. The fraction of sp³-hybridized carbons (Fsp3) is 0.333.